The highest BCUT2D eigenvalue weighted by Crippen LogP contribution is 2.71. The number of alkyl halides is 5. The van der Waals surface area contributed by atoms with Crippen LogP contribution in [0.4, 0.5) is 22.0 Å². The van der Waals surface area contributed by atoms with Crippen molar-refractivity contribution in [1.82, 2.24) is 0 Å². The van der Waals surface area contributed by atoms with Crippen LogP contribution >= 0.6 is 11.8 Å². The van der Waals surface area contributed by atoms with Gasteiger partial charge in [0.15, 0.2) is 5.79 Å². The van der Waals surface area contributed by atoms with Gasteiger partial charge in [0.25, 0.3) is 0 Å². The fourth-order valence-electron chi connectivity index (χ4n) is 10.1. The average Bonchev–Trinajstić information content (AvgIpc) is 3.35. The number of fused-ring (bicyclic) bond motifs is 4. The predicted octanol–water partition coefficient (Wildman–Crippen LogP) is 9.80. The van der Waals surface area contributed by atoms with Crippen molar-refractivity contribution >= 4 is 23.9 Å². The third-order valence-electron chi connectivity index (χ3n) is 12.8. The molecule has 0 bridgehead atoms. The van der Waals surface area contributed by atoms with Gasteiger partial charge in [-0.3, -0.25) is 0 Å². The number of rotatable bonds is 5. The van der Waals surface area contributed by atoms with E-state index in [0.717, 1.165) is 32.7 Å². The molecule has 272 valence electrons. The molecule has 1 saturated heterocycles. The first-order chi connectivity index (χ1) is 23.4. The van der Waals surface area contributed by atoms with E-state index in [1.165, 1.54) is 6.92 Å². The van der Waals surface area contributed by atoms with Crippen molar-refractivity contribution in [3.8, 4) is 0 Å². The normalized spacial score (nSPS) is 35.2. The molecule has 7 rings (SSSR count). The standard InChI is InChI=1S/C40H47F5O4S/c1-34(2)23-48-37(49-24-34)19-16-32-33-29(15-18-36(32,46)22-37)31-17-20-38(47,39(41,42)40(43,44)45)35(31,3)21-30(33)27-11-7-25(8-12-27)5-6-26-9-13-28(50-4)14-10-26/h5-14,29-31,46-47H,15-24H2,1-4H3/b6-5+/t29-,30+,31-,35-,36+,38-/m0/s1. The lowest BCUT2D eigenvalue weighted by atomic mass is 9.49. The van der Waals surface area contributed by atoms with E-state index >= 15 is 8.78 Å². The molecule has 1 spiro atoms. The third kappa shape index (κ3) is 5.71. The molecule has 2 aromatic rings. The number of thioether (sulfide) groups is 1. The van der Waals surface area contributed by atoms with Crippen molar-refractivity contribution < 1.29 is 41.6 Å². The number of benzene rings is 2. The van der Waals surface area contributed by atoms with Crippen LogP contribution in [0.15, 0.2) is 64.6 Å². The fourth-order valence-corrected chi connectivity index (χ4v) is 10.5. The average molecular weight is 719 g/mol. The number of allylic oxidation sites excluding steroid dienone is 1. The third-order valence-corrected chi connectivity index (χ3v) is 13.6. The van der Waals surface area contributed by atoms with Crippen molar-refractivity contribution in [1.29, 1.82) is 0 Å². The number of hydrogen-bond donors (Lipinski definition) is 2. The van der Waals surface area contributed by atoms with Crippen molar-refractivity contribution in [3.05, 3.63) is 76.4 Å². The minimum atomic E-state index is -5.89. The molecule has 1 heterocycles. The zero-order valence-corrected chi connectivity index (χ0v) is 29.9. The molecule has 5 aliphatic rings. The minimum Gasteiger partial charge on any atom is -0.385 e. The van der Waals surface area contributed by atoms with Crippen LogP contribution in [0, 0.1) is 22.7 Å². The summed E-state index contributed by atoms with van der Waals surface area (Å²) in [6, 6.07) is 15.9. The smallest absolute Gasteiger partial charge is 0.385 e. The summed E-state index contributed by atoms with van der Waals surface area (Å²) < 4.78 is 85.5. The molecule has 3 saturated carbocycles. The summed E-state index contributed by atoms with van der Waals surface area (Å²) in [7, 11) is 0. The topological polar surface area (TPSA) is 58.9 Å². The molecular formula is C40H47F5O4S. The first-order valence-electron chi connectivity index (χ1n) is 17.7. The Hall–Kier alpha value is -2.24. The maximum absolute atomic E-state index is 15.4. The van der Waals surface area contributed by atoms with E-state index in [0.29, 0.717) is 38.9 Å². The quantitative estimate of drug-likeness (QED) is 0.140. The Bertz CT molecular complexity index is 1660. The van der Waals surface area contributed by atoms with Crippen LogP contribution in [-0.2, 0) is 9.47 Å². The zero-order valence-electron chi connectivity index (χ0n) is 29.1. The number of ether oxygens (including phenoxy) is 2. The summed E-state index contributed by atoms with van der Waals surface area (Å²) in [5.41, 5.74) is -1.87. The summed E-state index contributed by atoms with van der Waals surface area (Å²) in [6.45, 7) is 6.57. The zero-order chi connectivity index (χ0) is 36.0. The molecule has 0 unspecified atom stereocenters. The van der Waals surface area contributed by atoms with E-state index in [-0.39, 0.29) is 30.6 Å². The molecule has 0 aromatic heterocycles. The maximum Gasteiger partial charge on any atom is 0.456 e. The minimum absolute atomic E-state index is 0.0537. The highest BCUT2D eigenvalue weighted by molar-refractivity contribution is 7.98. The highest BCUT2D eigenvalue weighted by atomic mass is 32.2. The summed E-state index contributed by atoms with van der Waals surface area (Å²) in [6.07, 6.45) is 1.40. The van der Waals surface area contributed by atoms with Gasteiger partial charge in [0.1, 0.15) is 5.60 Å². The Morgan fingerprint density at radius 1 is 0.820 bits per heavy atom. The predicted molar refractivity (Wildman–Crippen MR) is 185 cm³/mol. The molecule has 4 aliphatic carbocycles. The molecule has 2 N–H and O–H groups in total. The van der Waals surface area contributed by atoms with E-state index in [1.807, 2.05) is 66.9 Å². The molecule has 0 radical (unpaired) electrons. The number of hydrogen-bond acceptors (Lipinski definition) is 5. The van der Waals surface area contributed by atoms with Crippen LogP contribution in [0.2, 0.25) is 0 Å². The van der Waals surface area contributed by atoms with E-state index < -0.39 is 52.8 Å². The summed E-state index contributed by atoms with van der Waals surface area (Å²) in [5, 5.41) is 24.0. The largest absolute Gasteiger partial charge is 0.456 e. The molecule has 2 aromatic carbocycles. The van der Waals surface area contributed by atoms with Crippen molar-refractivity contribution in [2.45, 2.75) is 112 Å². The molecule has 1 aliphatic heterocycles. The Labute approximate surface area is 295 Å². The molecule has 10 heteroatoms. The van der Waals surface area contributed by atoms with E-state index in [4.69, 9.17) is 9.47 Å². The Kier molecular flexibility index (Phi) is 8.78. The second kappa shape index (κ2) is 12.2. The van der Waals surface area contributed by atoms with E-state index in [2.05, 4.69) is 13.8 Å². The maximum atomic E-state index is 15.4. The molecule has 4 fully saturated rings. The summed E-state index contributed by atoms with van der Waals surface area (Å²) >= 11 is 1.67. The molecule has 4 nitrogen and oxygen atoms in total. The van der Waals surface area contributed by atoms with Crippen molar-refractivity contribution in [3.63, 3.8) is 0 Å². The van der Waals surface area contributed by atoms with Crippen LogP contribution in [0.5, 0.6) is 0 Å². The summed E-state index contributed by atoms with van der Waals surface area (Å²) in [5.74, 6) is -7.71. The van der Waals surface area contributed by atoms with Crippen molar-refractivity contribution in [2.75, 3.05) is 19.5 Å². The van der Waals surface area contributed by atoms with Crippen molar-refractivity contribution in [2.24, 2.45) is 22.7 Å². The van der Waals surface area contributed by atoms with Crippen LogP contribution < -0.4 is 0 Å². The van der Waals surface area contributed by atoms with Gasteiger partial charge in [-0.15, -0.1) is 11.8 Å². The molecular weight excluding hydrogens is 671 g/mol. The Morgan fingerprint density at radius 3 is 2.00 bits per heavy atom. The van der Waals surface area contributed by atoms with Gasteiger partial charge in [0.2, 0.25) is 0 Å². The summed E-state index contributed by atoms with van der Waals surface area (Å²) in [4.78, 5) is 1.16. The molecule has 0 amide bonds. The van der Waals surface area contributed by atoms with Gasteiger partial charge in [0.05, 0.1) is 18.8 Å². The number of halogens is 5. The van der Waals surface area contributed by atoms with Crippen LogP contribution in [0.3, 0.4) is 0 Å². The SMILES string of the molecule is CSc1ccc(/C=C/c2ccc([C@H]3C[C@@]4(C)[C@@H](CC[C@@]4(O)C(F)(F)C(F)(F)F)[C@@H]4CC[C@@]5(O)CC6(CCC5=C43)OCC(C)(C)CO6)cc2)cc1. The Balaban J connectivity index is 1.28. The second-order valence-corrected chi connectivity index (χ2v) is 17.3. The van der Waals surface area contributed by atoms with Gasteiger partial charge in [-0.25, -0.2) is 0 Å². The monoisotopic (exact) mass is 718 g/mol. The fraction of sp³-hybridized carbons (Fsp3) is 0.600. The first kappa shape index (κ1) is 36.1. The van der Waals surface area contributed by atoms with Gasteiger partial charge in [-0.05, 0) is 91.0 Å². The first-order valence-corrected chi connectivity index (χ1v) is 18.9. The van der Waals surface area contributed by atoms with Crippen LogP contribution in [-0.4, -0.2) is 58.8 Å². The van der Waals surface area contributed by atoms with Crippen LogP contribution in [0.1, 0.15) is 94.7 Å². The molecule has 50 heavy (non-hydrogen) atoms. The Morgan fingerprint density at radius 2 is 1.42 bits per heavy atom. The van der Waals surface area contributed by atoms with E-state index in [9.17, 15) is 23.4 Å². The number of aliphatic hydroxyl groups is 2. The van der Waals surface area contributed by atoms with Crippen LogP contribution in [0.25, 0.3) is 12.2 Å². The lowest BCUT2D eigenvalue weighted by molar-refractivity contribution is -0.362. The van der Waals surface area contributed by atoms with Gasteiger partial charge < -0.3 is 19.7 Å². The lowest BCUT2D eigenvalue weighted by Crippen LogP contribution is -2.65. The molecule has 6 atom stereocenters. The lowest BCUT2D eigenvalue weighted by Gasteiger charge is -2.59. The van der Waals surface area contributed by atoms with Gasteiger partial charge >= 0.3 is 12.1 Å². The van der Waals surface area contributed by atoms with Gasteiger partial charge in [-0.2, -0.15) is 22.0 Å². The highest BCUT2D eigenvalue weighted by Gasteiger charge is 2.79. The van der Waals surface area contributed by atoms with Gasteiger partial charge in [0, 0.05) is 34.5 Å². The van der Waals surface area contributed by atoms with Gasteiger partial charge in [-0.1, -0.05) is 74.9 Å². The second-order valence-electron chi connectivity index (χ2n) is 16.5. The van der Waals surface area contributed by atoms with E-state index in [1.54, 1.807) is 11.8 Å².